The number of anilines is 1. The predicted molar refractivity (Wildman–Crippen MR) is 118 cm³/mol. The van der Waals surface area contributed by atoms with Crippen molar-refractivity contribution in [2.45, 2.75) is 24.4 Å². The van der Waals surface area contributed by atoms with Crippen molar-refractivity contribution in [1.29, 1.82) is 0 Å². The lowest BCUT2D eigenvalue weighted by Crippen LogP contribution is -2.73. The zero-order valence-corrected chi connectivity index (χ0v) is 19.0. The van der Waals surface area contributed by atoms with Crippen LogP contribution in [0.3, 0.4) is 0 Å². The van der Waals surface area contributed by atoms with Crippen LogP contribution in [-0.2, 0) is 20.8 Å². The van der Waals surface area contributed by atoms with Gasteiger partial charge in [-0.05, 0) is 6.08 Å². The van der Waals surface area contributed by atoms with Crippen molar-refractivity contribution in [3.05, 3.63) is 27.4 Å². The summed E-state index contributed by atoms with van der Waals surface area (Å²) in [7, 11) is 0. The molecule has 0 aliphatic carbocycles. The van der Waals surface area contributed by atoms with Gasteiger partial charge in [0.25, 0.3) is 0 Å². The van der Waals surface area contributed by atoms with Crippen LogP contribution < -0.4 is 11.1 Å². The molecule has 2 fully saturated rings. The molecule has 2 aromatic heterocycles. The average Bonchev–Trinajstić information content (AvgIpc) is 3.33. The summed E-state index contributed by atoms with van der Waals surface area (Å²) in [6.45, 7) is 0. The number of carboxylic acid groups (broad SMARTS) is 1. The summed E-state index contributed by atoms with van der Waals surface area (Å²) in [4.78, 5) is 47.3. The highest BCUT2D eigenvalue weighted by molar-refractivity contribution is 8.14. The number of thiazole rings is 1. The largest absolute Gasteiger partial charge is 0.480 e. The number of nitrogens with one attached hydrogen (secondary N) is 1. The zero-order valence-electron chi connectivity index (χ0n) is 15.8. The third kappa shape index (κ3) is 3.80. The number of hydrogen-bond acceptors (Lipinski definition) is 12. The molecule has 2 saturated heterocycles. The second-order valence-electron chi connectivity index (χ2n) is 6.69. The lowest BCUT2D eigenvalue weighted by Gasteiger charge is -2.54. The first kappa shape index (κ1) is 22.4. The number of nitrogens with zero attached hydrogens (tertiary/aromatic N) is 5. The smallest absolute Gasteiger partial charge is 0.324 e. The lowest BCUT2D eigenvalue weighted by atomic mass is 9.81. The number of β-lactam (4-membered cyclic amide) rings is 1. The van der Waals surface area contributed by atoms with Crippen LogP contribution in [0.15, 0.2) is 16.7 Å². The van der Waals surface area contributed by atoms with Gasteiger partial charge in [0.1, 0.15) is 16.4 Å². The van der Waals surface area contributed by atoms with E-state index in [0.29, 0.717) is 4.88 Å². The van der Waals surface area contributed by atoms with Gasteiger partial charge in [0.2, 0.25) is 11.8 Å². The monoisotopic (exact) mass is 515 g/mol. The van der Waals surface area contributed by atoms with E-state index in [1.54, 1.807) is 0 Å². The van der Waals surface area contributed by atoms with E-state index in [9.17, 15) is 24.7 Å². The highest BCUT2D eigenvalue weighted by Gasteiger charge is 2.62. The third-order valence-electron chi connectivity index (χ3n) is 4.85. The maximum atomic E-state index is 12.7. The second kappa shape index (κ2) is 8.65. The molecular weight excluding hydrogens is 502 g/mol. The van der Waals surface area contributed by atoms with E-state index in [1.807, 2.05) is 0 Å². The molecule has 16 heteroatoms. The van der Waals surface area contributed by atoms with Gasteiger partial charge in [-0.3, -0.25) is 14.4 Å². The molecule has 32 heavy (non-hydrogen) atoms. The molecule has 5 N–H and O–H groups in total. The molecule has 4 heterocycles. The Labute approximate surface area is 197 Å². The SMILES string of the molecule is Nc1nc(CC(=O)NC2N3C(=O)C[C@H]3SC(=NO)C2(C=Cc2scnc2Cl)C(=O)O)ns1. The number of nitrogens with two attached hydrogens (primary N) is 1. The first-order valence-electron chi connectivity index (χ1n) is 8.85. The maximum absolute atomic E-state index is 12.7. The minimum Gasteiger partial charge on any atom is -0.480 e. The molecular formula is C16H14ClN7O5S3. The fraction of sp³-hybridized carbons (Fsp3) is 0.312. The van der Waals surface area contributed by atoms with Gasteiger partial charge in [-0.2, -0.15) is 4.37 Å². The molecule has 12 nitrogen and oxygen atoms in total. The number of fused-ring (bicyclic) bond motifs is 1. The fourth-order valence-corrected chi connectivity index (χ4v) is 6.02. The van der Waals surface area contributed by atoms with Gasteiger partial charge >= 0.3 is 5.97 Å². The number of carboxylic acids is 1. The molecule has 0 bridgehead atoms. The molecule has 0 radical (unpaired) electrons. The van der Waals surface area contributed by atoms with Crippen molar-refractivity contribution < 1.29 is 24.7 Å². The third-order valence-corrected chi connectivity index (χ3v) is 7.95. The number of aliphatic carboxylic acids is 1. The maximum Gasteiger partial charge on any atom is 0.324 e. The molecule has 3 atom stereocenters. The van der Waals surface area contributed by atoms with Crippen molar-refractivity contribution in [2.24, 2.45) is 10.6 Å². The van der Waals surface area contributed by atoms with Gasteiger partial charge < -0.3 is 26.3 Å². The van der Waals surface area contributed by atoms with E-state index in [2.05, 4.69) is 24.8 Å². The van der Waals surface area contributed by atoms with E-state index in [0.717, 1.165) is 23.3 Å². The number of halogens is 1. The molecule has 168 valence electrons. The molecule has 4 rings (SSSR count). The number of nitrogen functional groups attached to an aromatic ring is 1. The zero-order chi connectivity index (χ0) is 23.0. The molecule has 2 aliphatic heterocycles. The summed E-state index contributed by atoms with van der Waals surface area (Å²) in [5, 5.41) is 25.4. The van der Waals surface area contributed by atoms with E-state index in [-0.39, 0.29) is 39.9 Å². The highest BCUT2D eigenvalue weighted by Crippen LogP contribution is 2.48. The van der Waals surface area contributed by atoms with E-state index >= 15 is 0 Å². The molecule has 0 aromatic carbocycles. The number of carbonyl (C=O) groups excluding carboxylic acids is 2. The molecule has 2 aromatic rings. The number of rotatable bonds is 6. The summed E-state index contributed by atoms with van der Waals surface area (Å²) < 4.78 is 3.94. The van der Waals surface area contributed by atoms with E-state index in [1.165, 1.54) is 33.9 Å². The summed E-state index contributed by atoms with van der Waals surface area (Å²) in [6, 6.07) is 0. The summed E-state index contributed by atoms with van der Waals surface area (Å²) >= 11 is 9.03. The van der Waals surface area contributed by atoms with Crippen LogP contribution in [0.1, 0.15) is 17.1 Å². The van der Waals surface area contributed by atoms with Gasteiger partial charge in [-0.1, -0.05) is 34.6 Å². The van der Waals surface area contributed by atoms with Crippen LogP contribution in [0.25, 0.3) is 6.08 Å². The molecule has 0 saturated carbocycles. The van der Waals surface area contributed by atoms with Crippen LogP contribution >= 0.6 is 46.2 Å². The summed E-state index contributed by atoms with van der Waals surface area (Å²) in [5.41, 5.74) is 4.93. The topological polar surface area (TPSA) is 184 Å². The van der Waals surface area contributed by atoms with Crippen LogP contribution in [0.5, 0.6) is 0 Å². The summed E-state index contributed by atoms with van der Waals surface area (Å²) in [5.74, 6) is -2.26. The van der Waals surface area contributed by atoms with Crippen molar-refractivity contribution in [3.63, 3.8) is 0 Å². The lowest BCUT2D eigenvalue weighted by molar-refractivity contribution is -0.157. The number of thioether (sulfide) groups is 1. The predicted octanol–water partition coefficient (Wildman–Crippen LogP) is 1.09. The first-order valence-corrected chi connectivity index (χ1v) is 11.8. The number of amides is 2. The molecule has 2 amide bonds. The summed E-state index contributed by atoms with van der Waals surface area (Å²) in [6.07, 6.45) is 1.11. The van der Waals surface area contributed by atoms with Crippen LogP contribution in [0.4, 0.5) is 5.13 Å². The minimum absolute atomic E-state index is 0.111. The van der Waals surface area contributed by atoms with Gasteiger partial charge in [0.05, 0.1) is 28.6 Å². The van der Waals surface area contributed by atoms with E-state index in [4.69, 9.17) is 17.3 Å². The van der Waals surface area contributed by atoms with Crippen molar-refractivity contribution in [1.82, 2.24) is 24.6 Å². The average molecular weight is 516 g/mol. The molecule has 2 unspecified atom stereocenters. The minimum atomic E-state index is -2.08. The number of carbonyl (C=O) groups is 3. The van der Waals surface area contributed by atoms with Crippen molar-refractivity contribution >= 4 is 80.3 Å². The molecule has 0 spiro atoms. The normalized spacial score (nSPS) is 26.2. The number of hydrogen-bond donors (Lipinski definition) is 4. The Morgan fingerprint density at radius 2 is 2.28 bits per heavy atom. The van der Waals surface area contributed by atoms with Crippen LogP contribution in [0, 0.1) is 5.41 Å². The Hall–Kier alpha value is -2.75. The Morgan fingerprint density at radius 1 is 1.50 bits per heavy atom. The van der Waals surface area contributed by atoms with Crippen molar-refractivity contribution in [2.75, 3.05) is 5.73 Å². The Kier molecular flexibility index (Phi) is 6.07. The number of aromatic nitrogens is 3. The quantitative estimate of drug-likeness (QED) is 0.246. The Bertz CT molecular complexity index is 1150. The number of oxime groups is 1. The van der Waals surface area contributed by atoms with Gasteiger partial charge in [0.15, 0.2) is 16.4 Å². The van der Waals surface area contributed by atoms with Gasteiger partial charge in [0, 0.05) is 11.5 Å². The standard InChI is InChI=1S/C16H14ClN7O5S3/c17-11-6(30-5-19-11)1-2-16(14(27)28)12(21-8(25)3-7-20-15(18)32-23-7)24-9(26)4-10(24)31-13(16)22-29/h1-2,5,10,12,29H,3-4H2,(H,21,25)(H,27,28)(H2,18,20,23)/t10-,12?,16?/m1/s1. The van der Waals surface area contributed by atoms with E-state index < -0.39 is 28.8 Å². The van der Waals surface area contributed by atoms with Gasteiger partial charge in [-0.15, -0.1) is 11.3 Å². The Morgan fingerprint density at radius 3 is 2.84 bits per heavy atom. The van der Waals surface area contributed by atoms with Crippen LogP contribution in [-0.4, -0.2) is 63.9 Å². The van der Waals surface area contributed by atoms with Crippen LogP contribution in [0.2, 0.25) is 5.15 Å². The highest BCUT2D eigenvalue weighted by atomic mass is 35.5. The van der Waals surface area contributed by atoms with Gasteiger partial charge in [-0.25, -0.2) is 9.97 Å². The second-order valence-corrected chi connectivity index (χ2v) is 9.89. The fourth-order valence-electron chi connectivity index (χ4n) is 3.35. The van der Waals surface area contributed by atoms with Crippen molar-refractivity contribution in [3.8, 4) is 0 Å². The molecule has 2 aliphatic rings. The first-order chi connectivity index (χ1) is 15.3. The Balaban J connectivity index is 1.74.